The molecule has 7 heteroatoms. The average Bonchev–Trinajstić information content (AvgIpc) is 3.08. The van der Waals surface area contributed by atoms with E-state index in [4.69, 9.17) is 0 Å². The van der Waals surface area contributed by atoms with E-state index in [1.807, 2.05) is 67.6 Å². The molecule has 0 radical (unpaired) electrons. The predicted octanol–water partition coefficient (Wildman–Crippen LogP) is 4.54. The number of aromatic nitrogens is 1. The molecule has 1 atom stereocenters. The summed E-state index contributed by atoms with van der Waals surface area (Å²) in [6, 6.07) is 23.8. The van der Waals surface area contributed by atoms with Gasteiger partial charge in [-0.1, -0.05) is 78.9 Å². The van der Waals surface area contributed by atoms with Crippen LogP contribution in [-0.4, -0.2) is 13.0 Å². The average molecular weight is 439 g/mol. The minimum atomic E-state index is -3.73. The molecule has 0 spiro atoms. The molecule has 0 saturated heterocycles. The molecule has 154 valence electrons. The Labute approximate surface area is 179 Å². The SMILES string of the molecule is CCC(NS(=O)(=O)c1ccc2c(c1)sc(=O)n2Cc1ccccc1)c1ccccc1. The molecule has 0 bridgehead atoms. The van der Waals surface area contributed by atoms with Gasteiger partial charge < -0.3 is 0 Å². The Morgan fingerprint density at radius 3 is 2.30 bits per heavy atom. The summed E-state index contributed by atoms with van der Waals surface area (Å²) in [5.41, 5.74) is 2.68. The van der Waals surface area contributed by atoms with E-state index in [2.05, 4.69) is 4.72 Å². The van der Waals surface area contributed by atoms with Gasteiger partial charge in [0, 0.05) is 6.04 Å². The number of nitrogens with one attached hydrogen (secondary N) is 1. The number of thiazole rings is 1. The van der Waals surface area contributed by atoms with Crippen LogP contribution in [0.1, 0.15) is 30.5 Å². The second kappa shape index (κ2) is 8.55. The molecule has 30 heavy (non-hydrogen) atoms. The topological polar surface area (TPSA) is 68.2 Å². The zero-order chi connectivity index (χ0) is 21.1. The summed E-state index contributed by atoms with van der Waals surface area (Å²) in [6.45, 7) is 2.40. The van der Waals surface area contributed by atoms with E-state index in [9.17, 15) is 13.2 Å². The fourth-order valence-corrected chi connectivity index (χ4v) is 5.80. The first-order chi connectivity index (χ1) is 14.5. The highest BCUT2D eigenvalue weighted by Gasteiger charge is 2.21. The van der Waals surface area contributed by atoms with Crippen molar-refractivity contribution in [1.29, 1.82) is 0 Å². The first-order valence-electron chi connectivity index (χ1n) is 9.72. The molecular weight excluding hydrogens is 416 g/mol. The molecule has 0 aliphatic carbocycles. The summed E-state index contributed by atoms with van der Waals surface area (Å²) in [4.78, 5) is 12.6. The lowest BCUT2D eigenvalue weighted by atomic mass is 10.1. The molecule has 0 amide bonds. The lowest BCUT2D eigenvalue weighted by Gasteiger charge is -2.17. The van der Waals surface area contributed by atoms with Gasteiger partial charge in [0.1, 0.15) is 0 Å². The van der Waals surface area contributed by atoms with Crippen LogP contribution in [0.25, 0.3) is 10.2 Å². The number of hydrogen-bond donors (Lipinski definition) is 1. The second-order valence-corrected chi connectivity index (χ2v) is 9.77. The lowest BCUT2D eigenvalue weighted by Crippen LogP contribution is -2.28. The van der Waals surface area contributed by atoms with Gasteiger partial charge in [-0.2, -0.15) is 0 Å². The molecule has 0 fully saturated rings. The summed E-state index contributed by atoms with van der Waals surface area (Å²) >= 11 is 1.06. The van der Waals surface area contributed by atoms with E-state index in [-0.39, 0.29) is 15.8 Å². The number of hydrogen-bond acceptors (Lipinski definition) is 4. The van der Waals surface area contributed by atoms with Crippen molar-refractivity contribution in [3.05, 3.63) is 99.7 Å². The Kier molecular flexibility index (Phi) is 5.85. The van der Waals surface area contributed by atoms with Crippen LogP contribution < -0.4 is 9.60 Å². The molecule has 4 rings (SSSR count). The highest BCUT2D eigenvalue weighted by molar-refractivity contribution is 7.89. The first-order valence-corrected chi connectivity index (χ1v) is 12.0. The highest BCUT2D eigenvalue weighted by Crippen LogP contribution is 2.25. The Bertz CT molecular complexity index is 1310. The largest absolute Gasteiger partial charge is 0.308 e. The van der Waals surface area contributed by atoms with E-state index >= 15 is 0 Å². The quantitative estimate of drug-likeness (QED) is 0.461. The summed E-state index contributed by atoms with van der Waals surface area (Å²) < 4.78 is 31.2. The monoisotopic (exact) mass is 438 g/mol. The smallest absolute Gasteiger partial charge is 0.294 e. The molecule has 5 nitrogen and oxygen atoms in total. The van der Waals surface area contributed by atoms with Crippen molar-refractivity contribution in [2.75, 3.05) is 0 Å². The van der Waals surface area contributed by atoms with Gasteiger partial charge in [-0.3, -0.25) is 9.36 Å². The molecule has 0 aliphatic rings. The minimum absolute atomic E-state index is 0.105. The maximum atomic E-state index is 13.0. The van der Waals surface area contributed by atoms with Crippen LogP contribution in [0.15, 0.2) is 88.6 Å². The van der Waals surface area contributed by atoms with Crippen LogP contribution in [0, 0.1) is 0 Å². The number of benzene rings is 3. The van der Waals surface area contributed by atoms with E-state index in [1.54, 1.807) is 22.8 Å². The number of sulfonamides is 1. The minimum Gasteiger partial charge on any atom is -0.294 e. The van der Waals surface area contributed by atoms with Crippen molar-refractivity contribution in [3.63, 3.8) is 0 Å². The molecule has 4 aromatic rings. The van der Waals surface area contributed by atoms with Gasteiger partial charge in [0.05, 0.1) is 21.7 Å². The van der Waals surface area contributed by atoms with Gasteiger partial charge >= 0.3 is 4.87 Å². The molecule has 1 N–H and O–H groups in total. The summed E-state index contributed by atoms with van der Waals surface area (Å²) in [6.07, 6.45) is 0.631. The van der Waals surface area contributed by atoms with Gasteiger partial charge in [-0.15, -0.1) is 0 Å². The van der Waals surface area contributed by atoms with Gasteiger partial charge in [0.25, 0.3) is 0 Å². The van der Waals surface area contributed by atoms with Crippen molar-refractivity contribution in [1.82, 2.24) is 9.29 Å². The zero-order valence-electron chi connectivity index (χ0n) is 16.5. The lowest BCUT2D eigenvalue weighted by molar-refractivity contribution is 0.550. The molecular formula is C23H22N2O3S2. The Balaban J connectivity index is 1.65. The number of nitrogens with zero attached hydrogens (tertiary/aromatic N) is 1. The summed E-state index contributed by atoms with van der Waals surface area (Å²) in [7, 11) is -3.73. The van der Waals surface area contributed by atoms with Crippen LogP contribution in [0.4, 0.5) is 0 Å². The Morgan fingerprint density at radius 1 is 0.967 bits per heavy atom. The van der Waals surface area contributed by atoms with E-state index in [1.165, 1.54) is 0 Å². The molecule has 0 aliphatic heterocycles. The van der Waals surface area contributed by atoms with Crippen LogP contribution in [0.3, 0.4) is 0 Å². The van der Waals surface area contributed by atoms with Gasteiger partial charge in [-0.25, -0.2) is 13.1 Å². The molecule has 0 saturated carbocycles. The van der Waals surface area contributed by atoms with Crippen LogP contribution in [0.2, 0.25) is 0 Å². The van der Waals surface area contributed by atoms with Gasteiger partial charge in [0.2, 0.25) is 10.0 Å². The zero-order valence-corrected chi connectivity index (χ0v) is 18.1. The fourth-order valence-electron chi connectivity index (χ4n) is 3.46. The molecule has 3 aromatic carbocycles. The summed E-state index contributed by atoms with van der Waals surface area (Å²) in [5.74, 6) is 0. The molecule has 1 aromatic heterocycles. The van der Waals surface area contributed by atoms with Crippen molar-refractivity contribution in [2.24, 2.45) is 0 Å². The standard InChI is InChI=1S/C23H22N2O3S2/c1-2-20(18-11-7-4-8-12-18)24-30(27,28)19-13-14-21-22(15-19)29-23(26)25(21)16-17-9-5-3-6-10-17/h3-15,20,24H,2,16H2,1H3. The fraction of sp³-hybridized carbons (Fsp3) is 0.174. The summed E-state index contributed by atoms with van der Waals surface area (Å²) in [5, 5.41) is 0. The maximum absolute atomic E-state index is 13.0. The normalized spacial score (nSPS) is 12.8. The van der Waals surface area contributed by atoms with Crippen LogP contribution >= 0.6 is 11.3 Å². The Morgan fingerprint density at radius 2 is 1.63 bits per heavy atom. The predicted molar refractivity (Wildman–Crippen MR) is 121 cm³/mol. The van der Waals surface area contributed by atoms with E-state index in [0.717, 1.165) is 28.0 Å². The first kappa shape index (κ1) is 20.5. The van der Waals surface area contributed by atoms with Crippen LogP contribution in [0.5, 0.6) is 0 Å². The maximum Gasteiger partial charge on any atom is 0.308 e. The number of rotatable bonds is 7. The van der Waals surface area contributed by atoms with Gasteiger partial charge in [-0.05, 0) is 35.7 Å². The van der Waals surface area contributed by atoms with Crippen LogP contribution in [-0.2, 0) is 16.6 Å². The third-order valence-corrected chi connectivity index (χ3v) is 7.45. The third kappa shape index (κ3) is 4.23. The van der Waals surface area contributed by atoms with Crippen molar-refractivity contribution >= 4 is 31.6 Å². The van der Waals surface area contributed by atoms with Gasteiger partial charge in [0.15, 0.2) is 0 Å². The van der Waals surface area contributed by atoms with Crippen molar-refractivity contribution in [3.8, 4) is 0 Å². The van der Waals surface area contributed by atoms with E-state index in [0.29, 0.717) is 17.7 Å². The highest BCUT2D eigenvalue weighted by atomic mass is 32.2. The molecule has 1 heterocycles. The number of fused-ring (bicyclic) bond motifs is 1. The molecule has 1 unspecified atom stereocenters. The van der Waals surface area contributed by atoms with Crippen molar-refractivity contribution in [2.45, 2.75) is 30.8 Å². The van der Waals surface area contributed by atoms with Crippen molar-refractivity contribution < 1.29 is 8.42 Å². The van der Waals surface area contributed by atoms with E-state index < -0.39 is 10.0 Å². The third-order valence-electron chi connectivity index (χ3n) is 5.04. The second-order valence-electron chi connectivity index (χ2n) is 7.06. The Hall–Kier alpha value is -2.74.